The summed E-state index contributed by atoms with van der Waals surface area (Å²) in [5, 5.41) is 0. The van der Waals surface area contributed by atoms with Crippen LogP contribution >= 0.6 is 0 Å². The minimum absolute atomic E-state index is 0.163. The van der Waals surface area contributed by atoms with Crippen molar-refractivity contribution < 1.29 is 4.79 Å². The van der Waals surface area contributed by atoms with Crippen LogP contribution in [-0.2, 0) is 4.79 Å². The molecule has 0 fully saturated rings. The molecule has 1 heteroatoms. The molecule has 12 heavy (non-hydrogen) atoms. The molecule has 66 valence electrons. The van der Waals surface area contributed by atoms with Crippen LogP contribution in [0.2, 0.25) is 0 Å². The maximum absolute atomic E-state index is 11.3. The highest BCUT2D eigenvalue weighted by molar-refractivity contribution is 5.95. The molecular weight excluding hydrogens is 148 g/mol. The molecule has 0 aromatic carbocycles. The largest absolute Gasteiger partial charge is 0.294 e. The van der Waals surface area contributed by atoms with Gasteiger partial charge in [-0.05, 0) is 26.3 Å². The maximum atomic E-state index is 11.3. The van der Waals surface area contributed by atoms with Gasteiger partial charge < -0.3 is 0 Å². The molecule has 0 N–H and O–H groups in total. The number of hydrogen-bond donors (Lipinski definition) is 0. The van der Waals surface area contributed by atoms with Crippen LogP contribution in [0.3, 0.4) is 0 Å². The molecule has 0 rings (SSSR count). The summed E-state index contributed by atoms with van der Waals surface area (Å²) in [5.74, 6) is 0.163. The lowest BCUT2D eigenvalue weighted by Crippen LogP contribution is -1.96. The van der Waals surface area contributed by atoms with Gasteiger partial charge in [-0.25, -0.2) is 0 Å². The van der Waals surface area contributed by atoms with Crippen molar-refractivity contribution in [3.05, 3.63) is 36.0 Å². The summed E-state index contributed by atoms with van der Waals surface area (Å²) < 4.78 is 0. The normalized spacial score (nSPS) is 10.8. The Morgan fingerprint density at radius 1 is 1.33 bits per heavy atom. The van der Waals surface area contributed by atoms with Gasteiger partial charge in [-0.15, -0.1) is 0 Å². The summed E-state index contributed by atoms with van der Waals surface area (Å²) >= 11 is 0. The minimum atomic E-state index is 0.163. The van der Waals surface area contributed by atoms with Crippen molar-refractivity contribution in [1.29, 1.82) is 0 Å². The van der Waals surface area contributed by atoms with Gasteiger partial charge in [-0.2, -0.15) is 0 Å². The zero-order chi connectivity index (χ0) is 9.56. The van der Waals surface area contributed by atoms with Crippen LogP contribution in [0.4, 0.5) is 0 Å². The lowest BCUT2D eigenvalue weighted by atomic mass is 10.1. The molecule has 0 bridgehead atoms. The summed E-state index contributed by atoms with van der Waals surface area (Å²) in [7, 11) is 0. The maximum Gasteiger partial charge on any atom is 0.162 e. The monoisotopic (exact) mass is 164 g/mol. The van der Waals surface area contributed by atoms with Crippen molar-refractivity contribution in [2.24, 2.45) is 0 Å². The number of rotatable bonds is 4. The Morgan fingerprint density at radius 2 is 1.92 bits per heavy atom. The topological polar surface area (TPSA) is 17.1 Å². The quantitative estimate of drug-likeness (QED) is 0.354. The van der Waals surface area contributed by atoms with E-state index in [1.165, 1.54) is 5.57 Å². The summed E-state index contributed by atoms with van der Waals surface area (Å²) in [5.41, 5.74) is 1.94. The zero-order valence-electron chi connectivity index (χ0n) is 8.05. The van der Waals surface area contributed by atoms with Crippen molar-refractivity contribution in [3.63, 3.8) is 0 Å². The first-order chi connectivity index (χ1) is 5.57. The predicted octanol–water partition coefficient (Wildman–Crippen LogP) is 3.04. The molecule has 0 saturated heterocycles. The van der Waals surface area contributed by atoms with Gasteiger partial charge in [0.05, 0.1) is 0 Å². The standard InChI is InChI=1S/C11H16O/c1-5-6-10(4)11(12)8-7-9(2)3/h5-7H,1,8H2,2-4H3/b10-6+. The minimum Gasteiger partial charge on any atom is -0.294 e. The number of carbonyl (C=O) groups excluding carboxylic acids is 1. The lowest BCUT2D eigenvalue weighted by molar-refractivity contribution is -0.114. The Morgan fingerprint density at radius 3 is 2.33 bits per heavy atom. The highest BCUT2D eigenvalue weighted by Crippen LogP contribution is 2.02. The van der Waals surface area contributed by atoms with Crippen LogP contribution in [-0.4, -0.2) is 5.78 Å². The Bertz CT molecular complexity index is 227. The fraction of sp³-hybridized carbons (Fsp3) is 0.364. The molecule has 0 aliphatic heterocycles. The van der Waals surface area contributed by atoms with Crippen LogP contribution in [0.1, 0.15) is 27.2 Å². The SMILES string of the molecule is C=C/C=C(\C)C(=O)CC=C(C)C. The van der Waals surface area contributed by atoms with E-state index in [9.17, 15) is 4.79 Å². The number of carbonyl (C=O) groups is 1. The Balaban J connectivity index is 4.14. The van der Waals surface area contributed by atoms with Crippen LogP contribution < -0.4 is 0 Å². The van der Waals surface area contributed by atoms with Crippen molar-refractivity contribution >= 4 is 5.78 Å². The number of hydrogen-bond acceptors (Lipinski definition) is 1. The highest BCUT2D eigenvalue weighted by atomic mass is 16.1. The van der Waals surface area contributed by atoms with Crippen LogP contribution in [0.5, 0.6) is 0 Å². The molecule has 0 heterocycles. The summed E-state index contributed by atoms with van der Waals surface area (Å²) in [6.45, 7) is 9.31. The van der Waals surface area contributed by atoms with Crippen LogP contribution in [0.15, 0.2) is 36.0 Å². The fourth-order valence-electron chi connectivity index (χ4n) is 0.728. The molecular formula is C11H16O. The Kier molecular flexibility index (Phi) is 5.02. The van der Waals surface area contributed by atoms with E-state index in [1.54, 1.807) is 12.2 Å². The zero-order valence-corrected chi connectivity index (χ0v) is 8.05. The number of allylic oxidation sites excluding steroid dienone is 5. The van der Waals surface area contributed by atoms with Gasteiger partial charge in [0.2, 0.25) is 0 Å². The first-order valence-corrected chi connectivity index (χ1v) is 4.03. The summed E-state index contributed by atoms with van der Waals surface area (Å²) in [4.78, 5) is 11.3. The van der Waals surface area contributed by atoms with E-state index in [4.69, 9.17) is 0 Å². The van der Waals surface area contributed by atoms with Gasteiger partial charge in [-0.1, -0.05) is 30.4 Å². The Hall–Kier alpha value is -1.11. The number of Topliss-reactive ketones (excluding diaryl/α,β-unsaturated/α-hetero) is 1. The van der Waals surface area contributed by atoms with Gasteiger partial charge in [0.25, 0.3) is 0 Å². The molecule has 0 unspecified atom stereocenters. The lowest BCUT2D eigenvalue weighted by Gasteiger charge is -1.95. The van der Waals surface area contributed by atoms with E-state index in [0.717, 1.165) is 5.57 Å². The molecule has 0 aromatic heterocycles. The Labute approximate surface area is 74.5 Å². The van der Waals surface area contributed by atoms with Gasteiger partial charge in [-0.3, -0.25) is 4.79 Å². The van der Waals surface area contributed by atoms with E-state index in [0.29, 0.717) is 6.42 Å². The average Bonchev–Trinajstić information content (AvgIpc) is 2.00. The van der Waals surface area contributed by atoms with E-state index in [2.05, 4.69) is 6.58 Å². The second-order valence-electron chi connectivity index (χ2n) is 2.99. The van der Waals surface area contributed by atoms with Crippen molar-refractivity contribution in [3.8, 4) is 0 Å². The van der Waals surface area contributed by atoms with Crippen molar-refractivity contribution in [2.45, 2.75) is 27.2 Å². The first kappa shape index (κ1) is 10.9. The van der Waals surface area contributed by atoms with Gasteiger partial charge in [0, 0.05) is 6.42 Å². The molecule has 0 saturated carbocycles. The molecule has 0 aliphatic rings. The van der Waals surface area contributed by atoms with E-state index in [-0.39, 0.29) is 5.78 Å². The van der Waals surface area contributed by atoms with E-state index < -0.39 is 0 Å². The highest BCUT2D eigenvalue weighted by Gasteiger charge is 1.99. The molecule has 1 nitrogen and oxygen atoms in total. The molecule has 0 spiro atoms. The molecule has 0 atom stereocenters. The molecule has 0 radical (unpaired) electrons. The average molecular weight is 164 g/mol. The van der Waals surface area contributed by atoms with Crippen LogP contribution in [0, 0.1) is 0 Å². The van der Waals surface area contributed by atoms with E-state index in [1.807, 2.05) is 26.8 Å². The molecule has 0 aliphatic carbocycles. The predicted molar refractivity (Wildman–Crippen MR) is 53.0 cm³/mol. The van der Waals surface area contributed by atoms with Gasteiger partial charge >= 0.3 is 0 Å². The third kappa shape index (κ3) is 4.67. The third-order valence-electron chi connectivity index (χ3n) is 1.50. The third-order valence-corrected chi connectivity index (χ3v) is 1.50. The van der Waals surface area contributed by atoms with E-state index >= 15 is 0 Å². The fourth-order valence-corrected chi connectivity index (χ4v) is 0.728. The summed E-state index contributed by atoms with van der Waals surface area (Å²) in [6, 6.07) is 0. The van der Waals surface area contributed by atoms with Gasteiger partial charge in [0.15, 0.2) is 5.78 Å². The number of ketones is 1. The first-order valence-electron chi connectivity index (χ1n) is 4.03. The molecule has 0 amide bonds. The second kappa shape index (κ2) is 5.53. The van der Waals surface area contributed by atoms with Crippen LogP contribution in [0.25, 0.3) is 0 Å². The van der Waals surface area contributed by atoms with Gasteiger partial charge in [0.1, 0.15) is 0 Å². The summed E-state index contributed by atoms with van der Waals surface area (Å²) in [6.07, 6.45) is 5.80. The molecule has 0 aromatic rings. The van der Waals surface area contributed by atoms with Crippen molar-refractivity contribution in [2.75, 3.05) is 0 Å². The van der Waals surface area contributed by atoms with Crippen molar-refractivity contribution in [1.82, 2.24) is 0 Å². The smallest absolute Gasteiger partial charge is 0.162 e. The second-order valence-corrected chi connectivity index (χ2v) is 2.99.